The second-order valence-corrected chi connectivity index (χ2v) is 15.9. The highest BCUT2D eigenvalue weighted by Gasteiger charge is 2.25. The van der Waals surface area contributed by atoms with Gasteiger partial charge in [-0.2, -0.15) is 10.5 Å². The molecule has 0 fully saturated rings. The summed E-state index contributed by atoms with van der Waals surface area (Å²) in [6.07, 6.45) is 0. The third kappa shape index (κ3) is 5.19. The van der Waals surface area contributed by atoms with Crippen LogP contribution in [0.15, 0.2) is 115 Å². The number of hydrogen-bond acceptors (Lipinski definition) is 2. The number of aromatic nitrogens is 2. The average molecular weight is 661 g/mol. The molecule has 0 aliphatic carbocycles. The van der Waals surface area contributed by atoms with Crippen molar-refractivity contribution in [2.24, 2.45) is 0 Å². The van der Waals surface area contributed by atoms with Crippen molar-refractivity contribution < 1.29 is 0 Å². The Balaban J connectivity index is 1.58. The summed E-state index contributed by atoms with van der Waals surface area (Å²) in [7, 11) is 0. The van der Waals surface area contributed by atoms with Crippen molar-refractivity contribution in [2.75, 3.05) is 0 Å². The van der Waals surface area contributed by atoms with Crippen LogP contribution in [0.1, 0.15) is 69.4 Å². The number of hydrogen-bond donors (Lipinski definition) is 0. The molecular weight excluding hydrogens is 621 g/mol. The predicted molar refractivity (Wildman–Crippen MR) is 212 cm³/mol. The molecule has 0 saturated carbocycles. The van der Waals surface area contributed by atoms with Crippen LogP contribution in [0.5, 0.6) is 0 Å². The normalized spacial score (nSPS) is 12.2. The van der Waals surface area contributed by atoms with E-state index in [1.165, 1.54) is 11.1 Å². The molecule has 2 aromatic heterocycles. The Kier molecular flexibility index (Phi) is 7.23. The molecule has 0 aliphatic heterocycles. The van der Waals surface area contributed by atoms with Gasteiger partial charge in [0.05, 0.1) is 45.1 Å². The highest BCUT2D eigenvalue weighted by molar-refractivity contribution is 6.11. The number of aryl methyl sites for hydroxylation is 1. The predicted octanol–water partition coefficient (Wildman–Crippen LogP) is 12.2. The first-order chi connectivity index (χ1) is 24.4. The van der Waals surface area contributed by atoms with Crippen LogP contribution >= 0.6 is 0 Å². The maximum atomic E-state index is 11.3. The summed E-state index contributed by atoms with van der Waals surface area (Å²) in [6.45, 7) is 15.4. The van der Waals surface area contributed by atoms with E-state index in [2.05, 4.69) is 166 Å². The first-order valence-corrected chi connectivity index (χ1v) is 17.6. The molecule has 8 aromatic rings. The summed E-state index contributed by atoms with van der Waals surface area (Å²) in [4.78, 5) is 0. The number of rotatable bonds is 3. The molecule has 0 atom stereocenters. The van der Waals surface area contributed by atoms with Crippen molar-refractivity contribution in [2.45, 2.75) is 59.3 Å². The Bertz CT molecular complexity index is 2640. The first kappa shape index (κ1) is 32.1. The summed E-state index contributed by atoms with van der Waals surface area (Å²) in [5.74, 6) is 0. The van der Waals surface area contributed by atoms with Crippen molar-refractivity contribution >= 4 is 43.6 Å². The van der Waals surface area contributed by atoms with E-state index in [1.54, 1.807) is 0 Å². The number of benzene rings is 6. The Morgan fingerprint density at radius 3 is 1.37 bits per heavy atom. The molecule has 0 radical (unpaired) electrons. The van der Waals surface area contributed by atoms with E-state index < -0.39 is 0 Å². The van der Waals surface area contributed by atoms with E-state index in [0.29, 0.717) is 11.1 Å². The summed E-state index contributed by atoms with van der Waals surface area (Å²) in [5.41, 5.74) is 12.2. The maximum absolute atomic E-state index is 11.3. The van der Waals surface area contributed by atoms with Gasteiger partial charge in [-0.3, -0.25) is 0 Å². The molecule has 0 bridgehead atoms. The molecule has 4 nitrogen and oxygen atoms in total. The molecular formula is C47H40N4. The zero-order chi connectivity index (χ0) is 35.8. The van der Waals surface area contributed by atoms with Crippen molar-refractivity contribution in [3.05, 3.63) is 143 Å². The fraction of sp³-hybridized carbons (Fsp3) is 0.191. The summed E-state index contributed by atoms with van der Waals surface area (Å²) >= 11 is 0. The Labute approximate surface area is 299 Å². The Hall–Kier alpha value is -6.10. The second kappa shape index (κ2) is 11.5. The lowest BCUT2D eigenvalue weighted by atomic mass is 9.86. The third-order valence-electron chi connectivity index (χ3n) is 10.3. The zero-order valence-corrected chi connectivity index (χ0v) is 30.3. The van der Waals surface area contributed by atoms with Gasteiger partial charge in [-0.1, -0.05) is 108 Å². The lowest BCUT2D eigenvalue weighted by molar-refractivity contribution is 0.590. The van der Waals surface area contributed by atoms with Crippen LogP contribution in [0.4, 0.5) is 0 Å². The van der Waals surface area contributed by atoms with Crippen molar-refractivity contribution in [3.63, 3.8) is 0 Å². The van der Waals surface area contributed by atoms with Gasteiger partial charge in [-0.05, 0) is 94.1 Å². The van der Waals surface area contributed by atoms with Crippen LogP contribution in [0.25, 0.3) is 66.1 Å². The number of nitrogens with zero attached hydrogens (tertiary/aromatic N) is 4. The SMILES string of the molecule is Cc1cc(C#N)cc(-c2cc(-n3c4ccccc4c4ccc(C(C)(C)C)cc43)c(C#N)c(-n3c4ccccc4c4ccc(C(C)(C)C)cc43)c2)c1. The lowest BCUT2D eigenvalue weighted by Crippen LogP contribution is -2.11. The number of fused-ring (bicyclic) bond motifs is 6. The molecule has 6 aromatic carbocycles. The van der Waals surface area contributed by atoms with E-state index >= 15 is 0 Å². The van der Waals surface area contributed by atoms with Gasteiger partial charge in [0.25, 0.3) is 0 Å². The van der Waals surface area contributed by atoms with Crippen LogP contribution in [0.2, 0.25) is 0 Å². The molecule has 8 rings (SSSR count). The van der Waals surface area contributed by atoms with Crippen LogP contribution < -0.4 is 0 Å². The van der Waals surface area contributed by atoms with Crippen molar-refractivity contribution in [3.8, 4) is 34.6 Å². The highest BCUT2D eigenvalue weighted by Crippen LogP contribution is 2.42. The second-order valence-electron chi connectivity index (χ2n) is 15.9. The van der Waals surface area contributed by atoms with Gasteiger partial charge in [0, 0.05) is 21.5 Å². The van der Waals surface area contributed by atoms with Gasteiger partial charge in [0.2, 0.25) is 0 Å². The van der Waals surface area contributed by atoms with Gasteiger partial charge in [-0.15, -0.1) is 0 Å². The number of para-hydroxylation sites is 2. The van der Waals surface area contributed by atoms with E-state index in [9.17, 15) is 10.5 Å². The van der Waals surface area contributed by atoms with E-state index in [4.69, 9.17) is 0 Å². The fourth-order valence-electron chi connectivity index (χ4n) is 7.65. The van der Waals surface area contributed by atoms with Gasteiger partial charge in [0.15, 0.2) is 0 Å². The maximum Gasteiger partial charge on any atom is 0.104 e. The van der Waals surface area contributed by atoms with Crippen LogP contribution in [-0.2, 0) is 10.8 Å². The molecule has 51 heavy (non-hydrogen) atoms. The average Bonchev–Trinajstić information content (AvgIpc) is 3.62. The molecule has 0 amide bonds. The smallest absolute Gasteiger partial charge is 0.104 e. The zero-order valence-electron chi connectivity index (χ0n) is 30.3. The minimum Gasteiger partial charge on any atom is -0.308 e. The van der Waals surface area contributed by atoms with E-state index in [1.807, 2.05) is 19.1 Å². The molecule has 0 aliphatic rings. The summed E-state index contributed by atoms with van der Waals surface area (Å²) in [6, 6.07) is 45.8. The van der Waals surface area contributed by atoms with Crippen LogP contribution in [0.3, 0.4) is 0 Å². The quantitative estimate of drug-likeness (QED) is 0.189. The van der Waals surface area contributed by atoms with Crippen molar-refractivity contribution in [1.82, 2.24) is 9.13 Å². The molecule has 0 saturated heterocycles. The van der Waals surface area contributed by atoms with E-state index in [0.717, 1.165) is 71.7 Å². The summed E-state index contributed by atoms with van der Waals surface area (Å²) < 4.78 is 4.56. The van der Waals surface area contributed by atoms with Gasteiger partial charge in [0.1, 0.15) is 11.6 Å². The van der Waals surface area contributed by atoms with Gasteiger partial charge >= 0.3 is 0 Å². The van der Waals surface area contributed by atoms with Crippen LogP contribution in [0, 0.1) is 29.6 Å². The summed E-state index contributed by atoms with van der Waals surface area (Å²) in [5, 5.41) is 25.9. The fourth-order valence-corrected chi connectivity index (χ4v) is 7.65. The first-order valence-electron chi connectivity index (χ1n) is 17.6. The lowest BCUT2D eigenvalue weighted by Gasteiger charge is -2.21. The Morgan fingerprint density at radius 1 is 0.471 bits per heavy atom. The Morgan fingerprint density at radius 2 is 0.922 bits per heavy atom. The molecule has 0 N–H and O–H groups in total. The highest BCUT2D eigenvalue weighted by atomic mass is 15.0. The van der Waals surface area contributed by atoms with Gasteiger partial charge in [-0.25, -0.2) is 0 Å². The van der Waals surface area contributed by atoms with Crippen molar-refractivity contribution in [1.29, 1.82) is 10.5 Å². The molecule has 248 valence electrons. The van der Waals surface area contributed by atoms with Crippen LogP contribution in [-0.4, -0.2) is 9.13 Å². The molecule has 0 unspecified atom stereocenters. The minimum absolute atomic E-state index is 0.0659. The molecule has 0 spiro atoms. The standard InChI is InChI=1S/C47H40N4/c1-29-20-30(27-48)22-31(21-29)32-23-42(50-40-14-10-8-12-35(40)37-18-16-33(25-44(37)50)46(2,3)4)39(28-49)43(24-32)51-41-15-11-9-13-36(41)38-19-17-34(26-45(38)51)47(5,6)7/h8-26H,1-7H3. The largest absolute Gasteiger partial charge is 0.308 e. The monoisotopic (exact) mass is 660 g/mol. The number of nitriles is 2. The third-order valence-corrected chi connectivity index (χ3v) is 10.3. The van der Waals surface area contributed by atoms with Gasteiger partial charge < -0.3 is 9.13 Å². The van der Waals surface area contributed by atoms with E-state index in [-0.39, 0.29) is 10.8 Å². The molecule has 4 heteroatoms. The molecule has 2 heterocycles. The minimum atomic E-state index is -0.0659. The topological polar surface area (TPSA) is 57.4 Å².